The average molecular weight is 357 g/mol. The lowest BCUT2D eigenvalue weighted by molar-refractivity contribution is -0.118. The monoisotopic (exact) mass is 357 g/mol. The van der Waals surface area contributed by atoms with Gasteiger partial charge in [0.2, 0.25) is 0 Å². The Labute approximate surface area is 150 Å². The number of ether oxygens (including phenoxy) is 2. The molecule has 0 saturated heterocycles. The number of nitrogens with zero attached hydrogens (tertiary/aromatic N) is 2. The van der Waals surface area contributed by atoms with E-state index in [1.807, 2.05) is 36.6 Å². The number of thiophene rings is 1. The fourth-order valence-electron chi connectivity index (χ4n) is 2.24. The Morgan fingerprint density at radius 2 is 1.92 bits per heavy atom. The van der Waals surface area contributed by atoms with Gasteiger partial charge in [-0.05, 0) is 42.6 Å². The maximum Gasteiger partial charge on any atom is 0.263 e. The zero-order chi connectivity index (χ0) is 17.5. The molecular formula is C18H19N3O3S. The third kappa shape index (κ3) is 4.84. The van der Waals surface area contributed by atoms with E-state index in [-0.39, 0.29) is 12.5 Å². The smallest absolute Gasteiger partial charge is 0.263 e. The maximum absolute atomic E-state index is 12.1. The van der Waals surface area contributed by atoms with E-state index in [1.165, 1.54) is 4.88 Å². The number of carbonyl (C=O) groups excluding carboxylic acids is 1. The zero-order valence-corrected chi connectivity index (χ0v) is 14.7. The van der Waals surface area contributed by atoms with Gasteiger partial charge in [-0.15, -0.1) is 11.3 Å². The Bertz CT molecular complexity index is 797. The molecule has 1 amide bonds. The average Bonchev–Trinajstić information content (AvgIpc) is 3.28. The van der Waals surface area contributed by atoms with Gasteiger partial charge in [-0.3, -0.25) is 4.79 Å². The summed E-state index contributed by atoms with van der Waals surface area (Å²) in [6, 6.07) is 13.0. The highest BCUT2D eigenvalue weighted by molar-refractivity contribution is 7.09. The van der Waals surface area contributed by atoms with Crippen LogP contribution in [0.15, 0.2) is 54.0 Å². The second kappa shape index (κ2) is 8.34. The number of nitrogens with one attached hydrogen (secondary N) is 1. The summed E-state index contributed by atoms with van der Waals surface area (Å²) in [5.41, 5.74) is 0. The molecule has 130 valence electrons. The largest absolute Gasteiger partial charge is 0.494 e. The van der Waals surface area contributed by atoms with Gasteiger partial charge < -0.3 is 14.8 Å². The first kappa shape index (κ1) is 17.0. The van der Waals surface area contributed by atoms with E-state index in [2.05, 4.69) is 10.4 Å². The van der Waals surface area contributed by atoms with Crippen molar-refractivity contribution in [1.29, 1.82) is 0 Å². The van der Waals surface area contributed by atoms with Crippen LogP contribution in [0.25, 0.3) is 0 Å². The minimum Gasteiger partial charge on any atom is -0.494 e. The summed E-state index contributed by atoms with van der Waals surface area (Å²) in [6.07, 6.45) is 1.66. The van der Waals surface area contributed by atoms with E-state index in [0.29, 0.717) is 24.7 Å². The molecule has 0 atom stereocenters. The summed E-state index contributed by atoms with van der Waals surface area (Å²) in [6.45, 7) is 3.10. The predicted molar refractivity (Wildman–Crippen MR) is 97.4 cm³/mol. The molecule has 3 rings (SSSR count). The number of anilines is 1. The van der Waals surface area contributed by atoms with Crippen molar-refractivity contribution >= 4 is 23.1 Å². The number of benzene rings is 1. The Morgan fingerprint density at radius 1 is 1.16 bits per heavy atom. The molecule has 1 aromatic carbocycles. The lowest BCUT2D eigenvalue weighted by Gasteiger charge is -2.10. The van der Waals surface area contributed by atoms with Crippen LogP contribution in [0.1, 0.15) is 11.8 Å². The van der Waals surface area contributed by atoms with Crippen LogP contribution in [0.2, 0.25) is 0 Å². The molecule has 1 N–H and O–H groups in total. The van der Waals surface area contributed by atoms with Crippen molar-refractivity contribution in [1.82, 2.24) is 9.78 Å². The third-order valence-electron chi connectivity index (χ3n) is 3.37. The number of carbonyl (C=O) groups is 1. The highest BCUT2D eigenvalue weighted by atomic mass is 32.1. The van der Waals surface area contributed by atoms with Crippen molar-refractivity contribution < 1.29 is 14.3 Å². The highest BCUT2D eigenvalue weighted by Crippen LogP contribution is 2.18. The van der Waals surface area contributed by atoms with Crippen LogP contribution in [0, 0.1) is 0 Å². The summed E-state index contributed by atoms with van der Waals surface area (Å²) in [5, 5.41) is 9.08. The van der Waals surface area contributed by atoms with Gasteiger partial charge in [0.25, 0.3) is 5.91 Å². The molecule has 3 aromatic rings. The lowest BCUT2D eigenvalue weighted by atomic mass is 10.3. The van der Waals surface area contributed by atoms with Crippen LogP contribution in [0.4, 0.5) is 5.82 Å². The number of rotatable bonds is 8. The molecule has 2 aromatic heterocycles. The van der Waals surface area contributed by atoms with Crippen LogP contribution >= 0.6 is 11.3 Å². The van der Waals surface area contributed by atoms with Gasteiger partial charge in [0.15, 0.2) is 6.61 Å². The quantitative estimate of drug-likeness (QED) is 0.671. The van der Waals surface area contributed by atoms with Crippen LogP contribution < -0.4 is 14.8 Å². The second-order valence-electron chi connectivity index (χ2n) is 5.19. The molecule has 0 aliphatic rings. The van der Waals surface area contributed by atoms with Crippen LogP contribution in [-0.4, -0.2) is 28.9 Å². The molecule has 2 heterocycles. The molecule has 25 heavy (non-hydrogen) atoms. The molecular weight excluding hydrogens is 338 g/mol. The van der Waals surface area contributed by atoms with Crippen molar-refractivity contribution in [3.05, 3.63) is 58.9 Å². The first-order chi connectivity index (χ1) is 12.2. The summed E-state index contributed by atoms with van der Waals surface area (Å²) >= 11 is 1.65. The topological polar surface area (TPSA) is 65.4 Å². The number of aromatic nitrogens is 2. The Morgan fingerprint density at radius 3 is 2.60 bits per heavy atom. The molecule has 7 heteroatoms. The number of hydrogen-bond acceptors (Lipinski definition) is 5. The molecule has 0 radical (unpaired) electrons. The minimum absolute atomic E-state index is 0.0713. The normalized spacial score (nSPS) is 10.4. The summed E-state index contributed by atoms with van der Waals surface area (Å²) in [7, 11) is 0. The van der Waals surface area contributed by atoms with Gasteiger partial charge >= 0.3 is 0 Å². The van der Waals surface area contributed by atoms with Gasteiger partial charge in [-0.1, -0.05) is 6.07 Å². The van der Waals surface area contributed by atoms with Crippen LogP contribution in [0.3, 0.4) is 0 Å². The number of hydrogen-bond donors (Lipinski definition) is 1. The van der Waals surface area contributed by atoms with Crippen molar-refractivity contribution in [2.75, 3.05) is 18.5 Å². The maximum atomic E-state index is 12.1. The molecule has 6 nitrogen and oxygen atoms in total. The molecule has 0 bridgehead atoms. The fraction of sp³-hybridized carbons (Fsp3) is 0.222. The van der Waals surface area contributed by atoms with Gasteiger partial charge in [0.05, 0.1) is 19.3 Å². The molecule has 0 saturated carbocycles. The van der Waals surface area contributed by atoms with E-state index >= 15 is 0 Å². The van der Waals surface area contributed by atoms with Crippen molar-refractivity contribution in [3.63, 3.8) is 0 Å². The molecule has 0 aliphatic carbocycles. The van der Waals surface area contributed by atoms with Gasteiger partial charge in [0.1, 0.15) is 17.3 Å². The Balaban J connectivity index is 1.52. The molecule has 0 aliphatic heterocycles. The summed E-state index contributed by atoms with van der Waals surface area (Å²) in [5.74, 6) is 1.80. The van der Waals surface area contributed by atoms with E-state index < -0.39 is 0 Å². The van der Waals surface area contributed by atoms with Crippen molar-refractivity contribution in [2.45, 2.75) is 13.5 Å². The van der Waals surface area contributed by atoms with Crippen LogP contribution in [-0.2, 0) is 11.3 Å². The first-order valence-corrected chi connectivity index (χ1v) is 8.82. The Hall–Kier alpha value is -2.80. The van der Waals surface area contributed by atoms with Crippen LogP contribution in [0.5, 0.6) is 11.5 Å². The SMILES string of the molecule is CCOc1ccc(OCC(=O)Nc2ccnn2Cc2cccs2)cc1. The van der Waals surface area contributed by atoms with E-state index in [1.54, 1.807) is 40.4 Å². The van der Waals surface area contributed by atoms with E-state index in [4.69, 9.17) is 9.47 Å². The first-order valence-electron chi connectivity index (χ1n) is 7.94. The molecule has 0 fully saturated rings. The molecule has 0 spiro atoms. The van der Waals surface area contributed by atoms with Gasteiger partial charge in [0, 0.05) is 10.9 Å². The molecule has 0 unspecified atom stereocenters. The van der Waals surface area contributed by atoms with E-state index in [9.17, 15) is 4.79 Å². The third-order valence-corrected chi connectivity index (χ3v) is 4.24. The van der Waals surface area contributed by atoms with Crippen molar-refractivity contribution in [2.24, 2.45) is 0 Å². The van der Waals surface area contributed by atoms with E-state index in [0.717, 1.165) is 5.75 Å². The van der Waals surface area contributed by atoms with Gasteiger partial charge in [-0.2, -0.15) is 5.10 Å². The second-order valence-corrected chi connectivity index (χ2v) is 6.23. The van der Waals surface area contributed by atoms with Gasteiger partial charge in [-0.25, -0.2) is 4.68 Å². The lowest BCUT2D eigenvalue weighted by Crippen LogP contribution is -2.22. The predicted octanol–water partition coefficient (Wildman–Crippen LogP) is 3.41. The van der Waals surface area contributed by atoms with Crippen molar-refractivity contribution in [3.8, 4) is 11.5 Å². The summed E-state index contributed by atoms with van der Waals surface area (Å²) in [4.78, 5) is 13.3. The Kier molecular flexibility index (Phi) is 5.69. The summed E-state index contributed by atoms with van der Waals surface area (Å²) < 4.78 is 12.6. The highest BCUT2D eigenvalue weighted by Gasteiger charge is 2.09. The fourth-order valence-corrected chi connectivity index (χ4v) is 2.93. The number of amides is 1. The zero-order valence-electron chi connectivity index (χ0n) is 13.8. The minimum atomic E-state index is -0.234. The standard InChI is InChI=1S/C18H19N3O3S/c1-2-23-14-5-7-15(8-6-14)24-13-18(22)20-17-9-10-19-21(17)12-16-4-3-11-25-16/h3-11H,2,12-13H2,1H3,(H,20,22).